The van der Waals surface area contributed by atoms with Crippen LogP contribution in [0.2, 0.25) is 0 Å². The lowest BCUT2D eigenvalue weighted by Crippen LogP contribution is -2.59. The van der Waals surface area contributed by atoms with Gasteiger partial charge >= 0.3 is 12.1 Å². The molecule has 1 aromatic heterocycles. The molecule has 2 aliphatic rings. The second-order valence-electron chi connectivity index (χ2n) is 8.76. The molecule has 0 bridgehead atoms. The van der Waals surface area contributed by atoms with Crippen molar-refractivity contribution in [1.82, 2.24) is 20.1 Å². The van der Waals surface area contributed by atoms with Gasteiger partial charge in [-0.1, -0.05) is 11.3 Å². The first-order valence-corrected chi connectivity index (χ1v) is 11.1. The first kappa shape index (κ1) is 24.5. The first-order valence-electron chi connectivity index (χ1n) is 10.2. The first-order chi connectivity index (χ1) is 15.0. The van der Waals surface area contributed by atoms with Gasteiger partial charge in [0.2, 0.25) is 0 Å². The normalized spacial score (nSPS) is 22.9. The maximum atomic E-state index is 14.1. The Labute approximate surface area is 188 Å². The number of urea groups is 1. The fourth-order valence-corrected chi connectivity index (χ4v) is 4.36. The zero-order chi connectivity index (χ0) is 23.5. The molecule has 0 saturated carbocycles. The van der Waals surface area contributed by atoms with Gasteiger partial charge in [0.1, 0.15) is 12.3 Å². The molecule has 2 atom stereocenters. The van der Waals surface area contributed by atoms with Crippen LogP contribution in [0.15, 0.2) is 6.20 Å². The number of nitrogens with zero attached hydrogens (tertiary/aromatic N) is 3. The predicted octanol–water partition coefficient (Wildman–Crippen LogP) is 2.86. The van der Waals surface area contributed by atoms with Gasteiger partial charge in [-0.05, 0) is 20.8 Å². The molecular weight excluding hydrogens is 451 g/mol. The number of halogens is 3. The minimum Gasteiger partial charge on any atom is -0.444 e. The largest absolute Gasteiger partial charge is 0.444 e. The second kappa shape index (κ2) is 9.79. The van der Waals surface area contributed by atoms with Crippen LogP contribution < -0.4 is 10.6 Å². The fraction of sp³-hybridized carbons (Fsp3) is 0.737. The molecule has 1 aromatic rings. The number of carbonyl (C=O) groups is 2. The number of hydrogen-bond donors (Lipinski definition) is 2. The van der Waals surface area contributed by atoms with Crippen molar-refractivity contribution in [3.63, 3.8) is 0 Å². The predicted molar refractivity (Wildman–Crippen MR) is 112 cm³/mol. The van der Waals surface area contributed by atoms with Crippen LogP contribution in [0.25, 0.3) is 0 Å². The van der Waals surface area contributed by atoms with Crippen molar-refractivity contribution >= 4 is 28.6 Å². The monoisotopic (exact) mass is 479 g/mol. The summed E-state index contributed by atoms with van der Waals surface area (Å²) in [6, 6.07) is -1.39. The number of rotatable bonds is 6. The van der Waals surface area contributed by atoms with Gasteiger partial charge in [0.05, 0.1) is 36.7 Å². The van der Waals surface area contributed by atoms with E-state index >= 15 is 0 Å². The summed E-state index contributed by atoms with van der Waals surface area (Å²) in [6.45, 7) is 4.26. The van der Waals surface area contributed by atoms with E-state index in [1.807, 2.05) is 4.90 Å². The van der Waals surface area contributed by atoms with E-state index in [4.69, 9.17) is 9.47 Å². The third kappa shape index (κ3) is 6.69. The second-order valence-corrected chi connectivity index (χ2v) is 9.82. The van der Waals surface area contributed by atoms with Crippen LogP contribution in [0, 0.1) is 0 Å². The van der Waals surface area contributed by atoms with Crippen molar-refractivity contribution in [3.8, 4) is 0 Å². The molecule has 3 amide bonds. The van der Waals surface area contributed by atoms with Crippen LogP contribution in [-0.4, -0.2) is 90.5 Å². The molecular formula is C19H28F3N5O4S. The van der Waals surface area contributed by atoms with Gasteiger partial charge in [-0.2, -0.15) is 0 Å². The highest BCUT2D eigenvalue weighted by atomic mass is 32.1. The molecule has 0 aromatic carbocycles. The SMILES string of the molecule is CC(C)(C)OC(=O)Nc1ncc(C(CN2CCO[C@H](CF)C2)N2CC(F)(F)CNC2=O)s1. The lowest BCUT2D eigenvalue weighted by molar-refractivity contribution is -0.0617. The quantitative estimate of drug-likeness (QED) is 0.652. The number of anilines is 1. The summed E-state index contributed by atoms with van der Waals surface area (Å²) in [5, 5.41) is 4.96. The molecule has 0 spiro atoms. The average molecular weight is 480 g/mol. The van der Waals surface area contributed by atoms with Crippen molar-refractivity contribution in [1.29, 1.82) is 0 Å². The Kier molecular flexibility index (Phi) is 7.50. The molecule has 13 heteroatoms. The van der Waals surface area contributed by atoms with E-state index in [1.54, 1.807) is 20.8 Å². The Morgan fingerprint density at radius 2 is 2.25 bits per heavy atom. The van der Waals surface area contributed by atoms with E-state index < -0.39 is 55.6 Å². The molecule has 3 rings (SSSR count). The van der Waals surface area contributed by atoms with Gasteiger partial charge < -0.3 is 19.7 Å². The number of hydrogen-bond acceptors (Lipinski definition) is 7. The highest BCUT2D eigenvalue weighted by Gasteiger charge is 2.43. The van der Waals surface area contributed by atoms with E-state index in [-0.39, 0.29) is 18.2 Å². The summed E-state index contributed by atoms with van der Waals surface area (Å²) < 4.78 is 51.8. The number of morpholine rings is 1. The molecule has 2 aliphatic heterocycles. The van der Waals surface area contributed by atoms with Crippen LogP contribution in [0.3, 0.4) is 0 Å². The molecule has 3 heterocycles. The minimum absolute atomic E-state index is 0.192. The Balaban J connectivity index is 1.80. The van der Waals surface area contributed by atoms with Crippen molar-refractivity contribution < 1.29 is 32.2 Å². The van der Waals surface area contributed by atoms with Gasteiger partial charge in [0, 0.05) is 25.8 Å². The summed E-state index contributed by atoms with van der Waals surface area (Å²) in [4.78, 5) is 32.1. The third-order valence-corrected chi connectivity index (χ3v) is 5.84. The fourth-order valence-electron chi connectivity index (χ4n) is 3.45. The number of aromatic nitrogens is 1. The number of carbonyl (C=O) groups excluding carboxylic acids is 2. The molecule has 2 fully saturated rings. The van der Waals surface area contributed by atoms with Gasteiger partial charge in [0.25, 0.3) is 5.92 Å². The van der Waals surface area contributed by atoms with E-state index in [0.29, 0.717) is 18.0 Å². The van der Waals surface area contributed by atoms with Crippen LogP contribution in [0.5, 0.6) is 0 Å². The van der Waals surface area contributed by atoms with Crippen molar-refractivity contribution in [2.24, 2.45) is 0 Å². The molecule has 0 aliphatic carbocycles. The summed E-state index contributed by atoms with van der Waals surface area (Å²) in [5.74, 6) is -3.10. The molecule has 9 nitrogen and oxygen atoms in total. The Morgan fingerprint density at radius 3 is 2.94 bits per heavy atom. The van der Waals surface area contributed by atoms with E-state index in [2.05, 4.69) is 15.6 Å². The Bertz CT molecular complexity index is 819. The van der Waals surface area contributed by atoms with Crippen LogP contribution >= 0.6 is 11.3 Å². The third-order valence-electron chi connectivity index (χ3n) is 4.82. The Morgan fingerprint density at radius 1 is 1.50 bits per heavy atom. The number of amides is 3. The van der Waals surface area contributed by atoms with Gasteiger partial charge in [-0.3, -0.25) is 10.2 Å². The molecule has 2 N–H and O–H groups in total. The summed E-state index contributed by atoms with van der Waals surface area (Å²) >= 11 is 1.06. The zero-order valence-electron chi connectivity index (χ0n) is 18.2. The van der Waals surface area contributed by atoms with Gasteiger partial charge in [0.15, 0.2) is 5.13 Å². The lowest BCUT2D eigenvalue weighted by Gasteiger charge is -2.41. The highest BCUT2D eigenvalue weighted by molar-refractivity contribution is 7.15. The number of alkyl halides is 3. The number of nitrogens with one attached hydrogen (secondary N) is 2. The molecule has 180 valence electrons. The molecule has 0 radical (unpaired) electrons. The van der Waals surface area contributed by atoms with Crippen molar-refractivity contribution in [2.45, 2.75) is 44.4 Å². The average Bonchev–Trinajstić information content (AvgIpc) is 3.15. The van der Waals surface area contributed by atoms with E-state index in [9.17, 15) is 22.8 Å². The summed E-state index contributed by atoms with van der Waals surface area (Å²) in [5.41, 5.74) is -0.701. The topological polar surface area (TPSA) is 96.0 Å². The van der Waals surface area contributed by atoms with Crippen molar-refractivity contribution in [2.75, 3.05) is 51.3 Å². The van der Waals surface area contributed by atoms with Crippen LogP contribution in [-0.2, 0) is 9.47 Å². The standard InChI is InChI=1S/C19H28F3N5O4S/c1-18(2,3)31-17(29)25-15-23-7-14(32-15)13(9-26-4-5-30-12(6-20)8-26)27-11-19(21,22)10-24-16(27)28/h7,12-13H,4-6,8-11H2,1-3H3,(H,24,28)(H,23,25,29)/t12-,13?/m1/s1. The van der Waals surface area contributed by atoms with Crippen molar-refractivity contribution in [3.05, 3.63) is 11.1 Å². The Hall–Kier alpha value is -2.12. The highest BCUT2D eigenvalue weighted by Crippen LogP contribution is 2.33. The smallest absolute Gasteiger partial charge is 0.413 e. The van der Waals surface area contributed by atoms with Crippen LogP contribution in [0.1, 0.15) is 31.7 Å². The minimum atomic E-state index is -3.10. The number of ether oxygens (including phenoxy) is 2. The maximum Gasteiger partial charge on any atom is 0.413 e. The van der Waals surface area contributed by atoms with E-state index in [1.165, 1.54) is 6.20 Å². The number of thiazole rings is 1. The molecule has 2 saturated heterocycles. The summed E-state index contributed by atoms with van der Waals surface area (Å²) in [7, 11) is 0. The molecule has 1 unspecified atom stereocenters. The lowest BCUT2D eigenvalue weighted by atomic mass is 10.1. The van der Waals surface area contributed by atoms with Gasteiger partial charge in [-0.25, -0.2) is 27.7 Å². The van der Waals surface area contributed by atoms with E-state index in [0.717, 1.165) is 16.2 Å². The molecule has 32 heavy (non-hydrogen) atoms. The maximum absolute atomic E-state index is 14.1. The van der Waals surface area contributed by atoms with Crippen LogP contribution in [0.4, 0.5) is 27.9 Å². The summed E-state index contributed by atoms with van der Waals surface area (Å²) in [6.07, 6.45) is 0.137. The zero-order valence-corrected chi connectivity index (χ0v) is 19.0. The van der Waals surface area contributed by atoms with Gasteiger partial charge in [-0.15, -0.1) is 0 Å².